The Balaban J connectivity index is 1.51. The van der Waals surface area contributed by atoms with Gasteiger partial charge < -0.3 is 10.6 Å². The summed E-state index contributed by atoms with van der Waals surface area (Å²) < 4.78 is 1.67. The molecule has 27 heavy (non-hydrogen) atoms. The molecule has 0 aliphatic heterocycles. The molecule has 3 aromatic rings. The van der Waals surface area contributed by atoms with Crippen LogP contribution in [0.4, 0.5) is 5.82 Å². The van der Waals surface area contributed by atoms with Gasteiger partial charge in [0.25, 0.3) is 5.91 Å². The van der Waals surface area contributed by atoms with E-state index in [-0.39, 0.29) is 24.8 Å². The average molecular weight is 383 g/mol. The Labute approximate surface area is 162 Å². The smallest absolute Gasteiger partial charge is 0.251 e. The van der Waals surface area contributed by atoms with Gasteiger partial charge in [-0.2, -0.15) is 5.10 Å². The van der Waals surface area contributed by atoms with Crippen LogP contribution in [0.15, 0.2) is 66.9 Å². The number of nitrogens with zero attached hydrogens (tertiary/aromatic N) is 2. The molecule has 6 nitrogen and oxygen atoms in total. The highest BCUT2D eigenvalue weighted by atomic mass is 35.5. The molecular formula is C20H19ClN4O2. The number of hydrogen-bond donors (Lipinski definition) is 2. The molecule has 1 aromatic heterocycles. The number of halogens is 1. The van der Waals surface area contributed by atoms with Crippen molar-refractivity contribution in [3.63, 3.8) is 0 Å². The number of carbonyl (C=O) groups is 2. The fourth-order valence-corrected chi connectivity index (χ4v) is 2.73. The summed E-state index contributed by atoms with van der Waals surface area (Å²) >= 11 is 6.18. The van der Waals surface area contributed by atoms with Gasteiger partial charge in [-0.3, -0.25) is 9.59 Å². The molecule has 0 fully saturated rings. The Morgan fingerprint density at radius 3 is 2.52 bits per heavy atom. The molecule has 0 spiro atoms. The molecule has 1 heterocycles. The SMILES string of the molecule is O=C(CCNC(=O)c1ccccc1)Nc1ccnn1Cc1ccccc1Cl. The lowest BCUT2D eigenvalue weighted by Gasteiger charge is -2.10. The van der Waals surface area contributed by atoms with Crippen LogP contribution in [-0.4, -0.2) is 28.1 Å². The number of hydrogen-bond acceptors (Lipinski definition) is 3. The zero-order valence-corrected chi connectivity index (χ0v) is 15.3. The lowest BCUT2D eigenvalue weighted by atomic mass is 10.2. The summed E-state index contributed by atoms with van der Waals surface area (Å²) in [7, 11) is 0. The molecule has 0 atom stereocenters. The fourth-order valence-electron chi connectivity index (χ4n) is 2.54. The first-order chi connectivity index (χ1) is 13.1. The van der Waals surface area contributed by atoms with Crippen molar-refractivity contribution in [1.29, 1.82) is 0 Å². The summed E-state index contributed by atoms with van der Waals surface area (Å²) in [5.74, 6) is 0.172. The third kappa shape index (κ3) is 5.18. The van der Waals surface area contributed by atoms with Crippen LogP contribution in [0.25, 0.3) is 0 Å². The first kappa shape index (κ1) is 18.7. The molecule has 0 unspecified atom stereocenters. The normalized spacial score (nSPS) is 10.4. The van der Waals surface area contributed by atoms with Gasteiger partial charge in [0, 0.05) is 29.6 Å². The molecule has 2 N–H and O–H groups in total. The molecule has 0 saturated carbocycles. The number of anilines is 1. The van der Waals surface area contributed by atoms with E-state index >= 15 is 0 Å². The van der Waals surface area contributed by atoms with Crippen molar-refractivity contribution in [3.8, 4) is 0 Å². The Morgan fingerprint density at radius 1 is 1.00 bits per heavy atom. The molecule has 2 aromatic carbocycles. The van der Waals surface area contributed by atoms with E-state index in [1.54, 1.807) is 41.2 Å². The first-order valence-electron chi connectivity index (χ1n) is 8.52. The van der Waals surface area contributed by atoms with Gasteiger partial charge in [-0.1, -0.05) is 48.0 Å². The number of aromatic nitrogens is 2. The van der Waals surface area contributed by atoms with Crippen LogP contribution in [0.1, 0.15) is 22.3 Å². The van der Waals surface area contributed by atoms with Gasteiger partial charge in [0.05, 0.1) is 12.7 Å². The zero-order valence-electron chi connectivity index (χ0n) is 14.6. The minimum Gasteiger partial charge on any atom is -0.352 e. The van der Waals surface area contributed by atoms with Crippen molar-refractivity contribution >= 4 is 29.2 Å². The van der Waals surface area contributed by atoms with Crippen molar-refractivity contribution in [1.82, 2.24) is 15.1 Å². The number of benzene rings is 2. The summed E-state index contributed by atoms with van der Waals surface area (Å²) in [6.07, 6.45) is 1.78. The van der Waals surface area contributed by atoms with Gasteiger partial charge in [0.2, 0.25) is 5.91 Å². The summed E-state index contributed by atoms with van der Waals surface area (Å²) in [6, 6.07) is 18.1. The number of nitrogens with one attached hydrogen (secondary N) is 2. The molecule has 0 saturated heterocycles. The van der Waals surface area contributed by atoms with E-state index in [4.69, 9.17) is 11.6 Å². The quantitative estimate of drug-likeness (QED) is 0.658. The van der Waals surface area contributed by atoms with Crippen LogP contribution >= 0.6 is 11.6 Å². The van der Waals surface area contributed by atoms with Crippen molar-refractivity contribution < 1.29 is 9.59 Å². The van der Waals surface area contributed by atoms with E-state index < -0.39 is 0 Å². The topological polar surface area (TPSA) is 76.0 Å². The van der Waals surface area contributed by atoms with E-state index in [2.05, 4.69) is 15.7 Å². The van der Waals surface area contributed by atoms with E-state index in [0.29, 0.717) is 22.9 Å². The summed E-state index contributed by atoms with van der Waals surface area (Å²) in [5.41, 5.74) is 1.48. The lowest BCUT2D eigenvalue weighted by Crippen LogP contribution is -2.28. The zero-order chi connectivity index (χ0) is 19.1. The van der Waals surface area contributed by atoms with Gasteiger partial charge in [0.15, 0.2) is 0 Å². The molecule has 0 radical (unpaired) electrons. The van der Waals surface area contributed by atoms with Crippen molar-refractivity contribution in [2.75, 3.05) is 11.9 Å². The maximum atomic E-state index is 12.2. The van der Waals surface area contributed by atoms with Gasteiger partial charge >= 0.3 is 0 Å². The Bertz CT molecular complexity index is 924. The highest BCUT2D eigenvalue weighted by Gasteiger charge is 2.10. The molecule has 0 aliphatic rings. The predicted molar refractivity (Wildman–Crippen MR) is 105 cm³/mol. The van der Waals surface area contributed by atoms with E-state index in [9.17, 15) is 9.59 Å². The van der Waals surface area contributed by atoms with Crippen molar-refractivity contribution in [2.24, 2.45) is 0 Å². The summed E-state index contributed by atoms with van der Waals surface area (Å²) in [4.78, 5) is 24.1. The Kier molecular flexibility index (Phi) is 6.22. The van der Waals surface area contributed by atoms with Gasteiger partial charge in [-0.15, -0.1) is 0 Å². The minimum absolute atomic E-state index is 0.163. The van der Waals surface area contributed by atoms with Crippen LogP contribution in [-0.2, 0) is 11.3 Å². The average Bonchev–Trinajstić information content (AvgIpc) is 3.11. The van der Waals surface area contributed by atoms with E-state index in [1.165, 1.54) is 0 Å². The third-order valence-corrected chi connectivity index (χ3v) is 4.30. The molecule has 0 aliphatic carbocycles. The molecular weight excluding hydrogens is 364 g/mol. The third-order valence-electron chi connectivity index (χ3n) is 3.94. The van der Waals surface area contributed by atoms with Crippen LogP contribution in [0.2, 0.25) is 5.02 Å². The fraction of sp³-hybridized carbons (Fsp3) is 0.150. The van der Waals surface area contributed by atoms with Crippen LogP contribution < -0.4 is 10.6 Å². The van der Waals surface area contributed by atoms with Gasteiger partial charge in [-0.05, 0) is 23.8 Å². The molecule has 7 heteroatoms. The standard InChI is InChI=1S/C20H19ClN4O2/c21-17-9-5-4-8-16(17)14-25-18(10-13-23-25)24-19(26)11-12-22-20(27)15-6-2-1-3-7-15/h1-10,13H,11-12,14H2,(H,22,27)(H,24,26). The monoisotopic (exact) mass is 382 g/mol. The maximum Gasteiger partial charge on any atom is 0.251 e. The molecule has 3 rings (SSSR count). The predicted octanol–water partition coefficient (Wildman–Crippen LogP) is 3.34. The number of amides is 2. The van der Waals surface area contributed by atoms with Crippen molar-refractivity contribution in [2.45, 2.75) is 13.0 Å². The Hall–Kier alpha value is -3.12. The largest absolute Gasteiger partial charge is 0.352 e. The van der Waals surface area contributed by atoms with Crippen LogP contribution in [0, 0.1) is 0 Å². The second-order valence-corrected chi connectivity index (χ2v) is 6.29. The second-order valence-electron chi connectivity index (χ2n) is 5.89. The molecule has 0 bridgehead atoms. The van der Waals surface area contributed by atoms with Gasteiger partial charge in [0.1, 0.15) is 5.82 Å². The van der Waals surface area contributed by atoms with E-state index in [1.807, 2.05) is 30.3 Å². The van der Waals surface area contributed by atoms with Crippen LogP contribution in [0.3, 0.4) is 0 Å². The first-order valence-corrected chi connectivity index (χ1v) is 8.89. The van der Waals surface area contributed by atoms with Gasteiger partial charge in [-0.25, -0.2) is 4.68 Å². The number of carbonyl (C=O) groups excluding carboxylic acids is 2. The highest BCUT2D eigenvalue weighted by molar-refractivity contribution is 6.31. The molecule has 2 amide bonds. The maximum absolute atomic E-state index is 12.2. The molecule has 138 valence electrons. The Morgan fingerprint density at radius 2 is 1.74 bits per heavy atom. The van der Waals surface area contributed by atoms with Crippen LogP contribution in [0.5, 0.6) is 0 Å². The lowest BCUT2D eigenvalue weighted by molar-refractivity contribution is -0.116. The van der Waals surface area contributed by atoms with Crippen molar-refractivity contribution in [3.05, 3.63) is 83.0 Å². The number of rotatable bonds is 7. The summed E-state index contributed by atoms with van der Waals surface area (Å²) in [6.45, 7) is 0.700. The minimum atomic E-state index is -0.204. The summed E-state index contributed by atoms with van der Waals surface area (Å²) in [5, 5.41) is 10.4. The van der Waals surface area contributed by atoms with E-state index in [0.717, 1.165) is 5.56 Å². The second kappa shape index (κ2) is 9.00. The highest BCUT2D eigenvalue weighted by Crippen LogP contribution is 2.18.